The van der Waals surface area contributed by atoms with E-state index in [0.717, 1.165) is 12.0 Å². The van der Waals surface area contributed by atoms with Crippen molar-refractivity contribution in [3.63, 3.8) is 0 Å². The van der Waals surface area contributed by atoms with Crippen molar-refractivity contribution in [2.24, 2.45) is 5.41 Å². The summed E-state index contributed by atoms with van der Waals surface area (Å²) in [5, 5.41) is 2.87. The minimum atomic E-state index is -0.503. The number of pyridine rings is 1. The molecule has 0 radical (unpaired) electrons. The van der Waals surface area contributed by atoms with Crippen LogP contribution in [0.4, 0.5) is 0 Å². The van der Waals surface area contributed by atoms with Crippen molar-refractivity contribution in [2.45, 2.75) is 20.3 Å². The van der Waals surface area contributed by atoms with Gasteiger partial charge in [0.15, 0.2) is 0 Å². The lowest BCUT2D eigenvalue weighted by molar-refractivity contribution is -0.128. The summed E-state index contributed by atoms with van der Waals surface area (Å²) in [7, 11) is 0. The van der Waals surface area contributed by atoms with Crippen LogP contribution in [0.3, 0.4) is 0 Å². The average Bonchev–Trinajstić information content (AvgIpc) is 2.30. The van der Waals surface area contributed by atoms with Crippen molar-refractivity contribution >= 4 is 17.5 Å². The fourth-order valence-corrected chi connectivity index (χ4v) is 1.29. The van der Waals surface area contributed by atoms with Gasteiger partial charge in [-0.2, -0.15) is 0 Å². The number of hydrogen-bond acceptors (Lipinski definition) is 2. The van der Waals surface area contributed by atoms with E-state index in [1.54, 1.807) is 12.4 Å². The van der Waals surface area contributed by atoms with E-state index in [1.165, 1.54) is 0 Å². The number of amides is 1. The van der Waals surface area contributed by atoms with E-state index in [9.17, 15) is 4.79 Å². The summed E-state index contributed by atoms with van der Waals surface area (Å²) in [5.74, 6) is 0.317. The van der Waals surface area contributed by atoms with Gasteiger partial charge < -0.3 is 5.32 Å². The fraction of sp³-hybridized carbons (Fsp3) is 0.500. The minimum absolute atomic E-state index is 0.00797. The van der Waals surface area contributed by atoms with Crippen LogP contribution < -0.4 is 5.32 Å². The van der Waals surface area contributed by atoms with Crippen LogP contribution in [-0.2, 0) is 11.2 Å². The Balaban J connectivity index is 2.34. The number of nitrogens with zero attached hydrogens (tertiary/aromatic N) is 1. The first-order valence-corrected chi connectivity index (χ1v) is 5.83. The Morgan fingerprint density at radius 3 is 2.88 bits per heavy atom. The summed E-state index contributed by atoms with van der Waals surface area (Å²) in [6.07, 6.45) is 4.33. The number of alkyl halides is 1. The Kier molecular flexibility index (Phi) is 4.74. The van der Waals surface area contributed by atoms with E-state index in [1.807, 2.05) is 26.0 Å². The molecule has 0 aliphatic carbocycles. The van der Waals surface area contributed by atoms with Gasteiger partial charge in [0, 0.05) is 24.8 Å². The second-order valence-corrected chi connectivity index (χ2v) is 4.65. The fourth-order valence-electron chi connectivity index (χ4n) is 1.17. The molecule has 0 saturated carbocycles. The Bertz CT molecular complexity index is 338. The summed E-state index contributed by atoms with van der Waals surface area (Å²) >= 11 is 5.71. The number of aromatic nitrogens is 1. The van der Waals surface area contributed by atoms with Crippen molar-refractivity contribution < 1.29 is 4.79 Å². The molecular weight excluding hydrogens is 224 g/mol. The van der Waals surface area contributed by atoms with Crippen LogP contribution >= 0.6 is 11.6 Å². The summed E-state index contributed by atoms with van der Waals surface area (Å²) in [5.41, 5.74) is 0.614. The molecule has 1 aromatic heterocycles. The molecule has 88 valence electrons. The van der Waals surface area contributed by atoms with Gasteiger partial charge in [0.25, 0.3) is 0 Å². The highest BCUT2D eigenvalue weighted by molar-refractivity contribution is 6.19. The molecule has 0 unspecified atom stereocenters. The van der Waals surface area contributed by atoms with Crippen LogP contribution in [0.15, 0.2) is 24.5 Å². The molecule has 0 spiro atoms. The van der Waals surface area contributed by atoms with Gasteiger partial charge in [-0.3, -0.25) is 9.78 Å². The van der Waals surface area contributed by atoms with Crippen LogP contribution in [-0.4, -0.2) is 23.3 Å². The molecule has 1 aromatic rings. The number of carbonyl (C=O) groups excluding carboxylic acids is 1. The molecule has 0 fully saturated rings. The monoisotopic (exact) mass is 240 g/mol. The normalized spacial score (nSPS) is 11.2. The number of hydrogen-bond donors (Lipinski definition) is 1. The van der Waals surface area contributed by atoms with Crippen LogP contribution in [0, 0.1) is 5.41 Å². The van der Waals surface area contributed by atoms with E-state index >= 15 is 0 Å². The SMILES string of the molecule is CC(C)(CCl)C(=O)NCCc1cccnc1. The zero-order chi connectivity index (χ0) is 12.0. The third kappa shape index (κ3) is 3.81. The van der Waals surface area contributed by atoms with Gasteiger partial charge in [-0.15, -0.1) is 11.6 Å². The molecular formula is C12H17ClN2O. The van der Waals surface area contributed by atoms with Crippen LogP contribution in [0.1, 0.15) is 19.4 Å². The summed E-state index contributed by atoms with van der Waals surface area (Å²) in [6, 6.07) is 3.88. The van der Waals surface area contributed by atoms with Crippen LogP contribution in [0.5, 0.6) is 0 Å². The molecule has 0 atom stereocenters. The van der Waals surface area contributed by atoms with E-state index in [4.69, 9.17) is 11.6 Å². The maximum Gasteiger partial charge on any atom is 0.226 e. The molecule has 0 aliphatic rings. The third-order valence-corrected chi connectivity index (χ3v) is 3.04. The molecule has 1 rings (SSSR count). The number of carbonyl (C=O) groups is 1. The predicted molar refractivity (Wildman–Crippen MR) is 65.5 cm³/mol. The van der Waals surface area contributed by atoms with E-state index in [0.29, 0.717) is 12.4 Å². The first-order chi connectivity index (χ1) is 7.56. The van der Waals surface area contributed by atoms with Crippen LogP contribution in [0.25, 0.3) is 0 Å². The number of rotatable bonds is 5. The first kappa shape index (κ1) is 13.0. The Morgan fingerprint density at radius 2 is 2.31 bits per heavy atom. The van der Waals surface area contributed by atoms with Gasteiger partial charge in [-0.25, -0.2) is 0 Å². The minimum Gasteiger partial charge on any atom is -0.355 e. The van der Waals surface area contributed by atoms with Crippen molar-refractivity contribution in [2.75, 3.05) is 12.4 Å². The largest absolute Gasteiger partial charge is 0.355 e. The van der Waals surface area contributed by atoms with Crippen molar-refractivity contribution in [3.8, 4) is 0 Å². The van der Waals surface area contributed by atoms with E-state index in [-0.39, 0.29) is 5.91 Å². The van der Waals surface area contributed by atoms with Crippen molar-refractivity contribution in [1.29, 1.82) is 0 Å². The molecule has 4 heteroatoms. The van der Waals surface area contributed by atoms with Gasteiger partial charge in [-0.05, 0) is 31.9 Å². The first-order valence-electron chi connectivity index (χ1n) is 5.29. The molecule has 0 aliphatic heterocycles. The summed E-state index contributed by atoms with van der Waals surface area (Å²) < 4.78 is 0. The number of halogens is 1. The lowest BCUT2D eigenvalue weighted by Crippen LogP contribution is -2.39. The zero-order valence-corrected chi connectivity index (χ0v) is 10.4. The average molecular weight is 241 g/mol. The maximum atomic E-state index is 11.7. The van der Waals surface area contributed by atoms with Crippen molar-refractivity contribution in [1.82, 2.24) is 10.3 Å². The second kappa shape index (κ2) is 5.85. The molecule has 1 N–H and O–H groups in total. The highest BCUT2D eigenvalue weighted by Gasteiger charge is 2.25. The number of nitrogens with one attached hydrogen (secondary N) is 1. The van der Waals surface area contributed by atoms with Crippen molar-refractivity contribution in [3.05, 3.63) is 30.1 Å². The van der Waals surface area contributed by atoms with Gasteiger partial charge >= 0.3 is 0 Å². The molecule has 1 heterocycles. The molecule has 0 bridgehead atoms. The highest BCUT2D eigenvalue weighted by Crippen LogP contribution is 2.16. The zero-order valence-electron chi connectivity index (χ0n) is 9.66. The van der Waals surface area contributed by atoms with Gasteiger partial charge in [0.1, 0.15) is 0 Å². The summed E-state index contributed by atoms with van der Waals surface area (Å²) in [6.45, 7) is 4.28. The lowest BCUT2D eigenvalue weighted by atomic mass is 9.95. The Labute approximate surface area is 101 Å². The standard InChI is InChI=1S/C12H17ClN2O/c1-12(2,9-13)11(16)15-7-5-10-4-3-6-14-8-10/h3-4,6,8H,5,7,9H2,1-2H3,(H,15,16). The smallest absolute Gasteiger partial charge is 0.226 e. The van der Waals surface area contributed by atoms with Crippen LogP contribution in [0.2, 0.25) is 0 Å². The quantitative estimate of drug-likeness (QED) is 0.800. The Hall–Kier alpha value is -1.09. The molecule has 1 amide bonds. The second-order valence-electron chi connectivity index (χ2n) is 4.38. The third-order valence-electron chi connectivity index (χ3n) is 2.37. The predicted octanol–water partition coefficient (Wildman–Crippen LogP) is 2.01. The lowest BCUT2D eigenvalue weighted by Gasteiger charge is -2.20. The molecule has 3 nitrogen and oxygen atoms in total. The van der Waals surface area contributed by atoms with Gasteiger partial charge in [-0.1, -0.05) is 6.07 Å². The topological polar surface area (TPSA) is 42.0 Å². The molecule has 0 aromatic carbocycles. The molecule has 16 heavy (non-hydrogen) atoms. The maximum absolute atomic E-state index is 11.7. The van der Waals surface area contributed by atoms with Gasteiger partial charge in [0.2, 0.25) is 5.91 Å². The van der Waals surface area contributed by atoms with Gasteiger partial charge in [0.05, 0.1) is 5.41 Å². The van der Waals surface area contributed by atoms with E-state index in [2.05, 4.69) is 10.3 Å². The van der Waals surface area contributed by atoms with E-state index < -0.39 is 5.41 Å². The molecule has 0 saturated heterocycles. The summed E-state index contributed by atoms with van der Waals surface area (Å²) in [4.78, 5) is 15.7. The highest BCUT2D eigenvalue weighted by atomic mass is 35.5. The Morgan fingerprint density at radius 1 is 1.56 bits per heavy atom.